The van der Waals surface area contributed by atoms with Gasteiger partial charge in [-0.3, -0.25) is 14.5 Å². The number of nitrogens with zero attached hydrogens (tertiary/aromatic N) is 3. The van der Waals surface area contributed by atoms with Gasteiger partial charge in [-0.1, -0.05) is 36.6 Å². The molecule has 0 N–H and O–H groups in total. The highest BCUT2D eigenvalue weighted by molar-refractivity contribution is 6.05. The number of benzene rings is 1. The zero-order valence-corrected chi connectivity index (χ0v) is 14.7. The lowest BCUT2D eigenvalue weighted by molar-refractivity contribution is -0.143. The third-order valence-electron chi connectivity index (χ3n) is 5.39. The van der Waals surface area contributed by atoms with Crippen LogP contribution in [0.1, 0.15) is 44.4 Å². The van der Waals surface area contributed by atoms with Crippen molar-refractivity contribution in [3.8, 4) is 17.1 Å². The molecule has 1 saturated heterocycles. The molecule has 2 aromatic rings. The lowest BCUT2D eigenvalue weighted by atomic mass is 9.73. The average molecular weight is 355 g/mol. The minimum atomic E-state index is -0.495. The minimum absolute atomic E-state index is 0.0381. The fraction of sp³-hybridized carbons (Fsp3) is 0.474. The predicted molar refractivity (Wildman–Crippen MR) is 92.0 cm³/mol. The summed E-state index contributed by atoms with van der Waals surface area (Å²) in [6, 6.07) is 7.32. The fourth-order valence-electron chi connectivity index (χ4n) is 3.97. The Bertz CT molecular complexity index is 839. The number of carbonyl (C=O) groups is 2. The number of ether oxygens (including phenoxy) is 1. The summed E-state index contributed by atoms with van der Waals surface area (Å²) in [5, 5.41) is 3.97. The molecule has 2 amide bonds. The number of imide groups is 1. The molecule has 7 heteroatoms. The highest BCUT2D eigenvalue weighted by atomic mass is 16.5. The van der Waals surface area contributed by atoms with Crippen molar-refractivity contribution in [2.24, 2.45) is 5.41 Å². The summed E-state index contributed by atoms with van der Waals surface area (Å²) < 4.78 is 10.5. The van der Waals surface area contributed by atoms with Crippen molar-refractivity contribution in [1.29, 1.82) is 0 Å². The molecule has 2 fully saturated rings. The van der Waals surface area contributed by atoms with Gasteiger partial charge < -0.3 is 9.26 Å². The van der Waals surface area contributed by atoms with Crippen LogP contribution in [0.4, 0.5) is 0 Å². The van der Waals surface area contributed by atoms with E-state index < -0.39 is 5.41 Å². The van der Waals surface area contributed by atoms with Crippen molar-refractivity contribution < 1.29 is 18.8 Å². The largest absolute Gasteiger partial charge is 0.497 e. The van der Waals surface area contributed by atoms with Crippen molar-refractivity contribution in [1.82, 2.24) is 15.0 Å². The van der Waals surface area contributed by atoms with Crippen LogP contribution in [-0.4, -0.2) is 34.0 Å². The predicted octanol–water partition coefficient (Wildman–Crippen LogP) is 2.95. The van der Waals surface area contributed by atoms with Gasteiger partial charge in [0.1, 0.15) is 12.3 Å². The van der Waals surface area contributed by atoms with Gasteiger partial charge in [-0.25, -0.2) is 0 Å². The highest BCUT2D eigenvalue weighted by Gasteiger charge is 2.51. The maximum absolute atomic E-state index is 12.9. The zero-order valence-electron chi connectivity index (χ0n) is 14.7. The highest BCUT2D eigenvalue weighted by Crippen LogP contribution is 2.45. The smallest absolute Gasteiger partial charge is 0.247 e. The maximum Gasteiger partial charge on any atom is 0.247 e. The van der Waals surface area contributed by atoms with E-state index in [1.165, 1.54) is 4.90 Å². The molecule has 2 aliphatic rings. The van der Waals surface area contributed by atoms with Crippen LogP contribution in [0, 0.1) is 5.41 Å². The Morgan fingerprint density at radius 3 is 2.81 bits per heavy atom. The molecule has 1 aromatic carbocycles. The molecule has 0 atom stereocenters. The van der Waals surface area contributed by atoms with Gasteiger partial charge in [0.2, 0.25) is 23.5 Å². The van der Waals surface area contributed by atoms with Crippen LogP contribution >= 0.6 is 0 Å². The van der Waals surface area contributed by atoms with Gasteiger partial charge in [-0.05, 0) is 25.0 Å². The van der Waals surface area contributed by atoms with Gasteiger partial charge in [0.25, 0.3) is 0 Å². The molecule has 1 spiro atoms. The SMILES string of the molecule is COc1cccc(-c2noc(CN3C(=O)CC4(CCCCC4)C3=O)n2)c1. The molecule has 1 aromatic heterocycles. The van der Waals surface area contributed by atoms with Gasteiger partial charge in [0, 0.05) is 12.0 Å². The summed E-state index contributed by atoms with van der Waals surface area (Å²) in [7, 11) is 1.59. The Kier molecular flexibility index (Phi) is 4.22. The molecule has 7 nitrogen and oxygen atoms in total. The summed E-state index contributed by atoms with van der Waals surface area (Å²) in [4.78, 5) is 30.9. The summed E-state index contributed by atoms with van der Waals surface area (Å²) in [6.45, 7) is 0.0381. The lowest BCUT2D eigenvalue weighted by Gasteiger charge is -2.30. The van der Waals surface area contributed by atoms with E-state index in [4.69, 9.17) is 9.26 Å². The fourth-order valence-corrected chi connectivity index (χ4v) is 3.97. The molecule has 1 aliphatic carbocycles. The van der Waals surface area contributed by atoms with Crippen molar-refractivity contribution >= 4 is 11.8 Å². The van der Waals surface area contributed by atoms with Crippen molar-refractivity contribution in [3.63, 3.8) is 0 Å². The number of rotatable bonds is 4. The monoisotopic (exact) mass is 355 g/mol. The molecule has 1 aliphatic heterocycles. The van der Waals surface area contributed by atoms with Crippen LogP contribution in [-0.2, 0) is 16.1 Å². The zero-order chi connectivity index (χ0) is 18.1. The number of likely N-dealkylation sites (tertiary alicyclic amines) is 1. The van der Waals surface area contributed by atoms with Crippen LogP contribution in [0.25, 0.3) is 11.4 Å². The number of carbonyl (C=O) groups excluding carboxylic acids is 2. The van der Waals surface area contributed by atoms with Crippen molar-refractivity contribution in [3.05, 3.63) is 30.2 Å². The van der Waals surface area contributed by atoms with E-state index in [1.807, 2.05) is 18.2 Å². The second-order valence-electron chi connectivity index (χ2n) is 7.05. The molecule has 0 radical (unpaired) electrons. The Morgan fingerprint density at radius 2 is 2.04 bits per heavy atom. The molecule has 26 heavy (non-hydrogen) atoms. The van der Waals surface area contributed by atoms with Crippen LogP contribution in [0.2, 0.25) is 0 Å². The van der Waals surface area contributed by atoms with E-state index >= 15 is 0 Å². The molecular formula is C19H21N3O4. The van der Waals surface area contributed by atoms with Crippen molar-refractivity contribution in [2.75, 3.05) is 7.11 Å². The minimum Gasteiger partial charge on any atom is -0.497 e. The van der Waals surface area contributed by atoms with E-state index in [-0.39, 0.29) is 24.2 Å². The number of hydrogen-bond acceptors (Lipinski definition) is 6. The molecule has 1 saturated carbocycles. The number of hydrogen-bond donors (Lipinski definition) is 0. The summed E-state index contributed by atoms with van der Waals surface area (Å²) in [6.07, 6.45) is 5.06. The molecule has 0 unspecified atom stereocenters. The first-order valence-electron chi connectivity index (χ1n) is 8.93. The lowest BCUT2D eigenvalue weighted by Crippen LogP contribution is -2.36. The normalized spacial score (nSPS) is 19.3. The summed E-state index contributed by atoms with van der Waals surface area (Å²) in [5.41, 5.74) is 0.257. The summed E-state index contributed by atoms with van der Waals surface area (Å²) >= 11 is 0. The van der Waals surface area contributed by atoms with Gasteiger partial charge in [-0.2, -0.15) is 4.98 Å². The van der Waals surface area contributed by atoms with Crippen LogP contribution < -0.4 is 4.74 Å². The van der Waals surface area contributed by atoms with E-state index in [9.17, 15) is 9.59 Å². The van der Waals surface area contributed by atoms with E-state index in [2.05, 4.69) is 10.1 Å². The molecule has 4 rings (SSSR count). The van der Waals surface area contributed by atoms with Crippen LogP contribution in [0.3, 0.4) is 0 Å². The first-order valence-corrected chi connectivity index (χ1v) is 8.93. The first-order chi connectivity index (χ1) is 12.6. The number of amides is 2. The Labute approximate surface area is 151 Å². The van der Waals surface area contributed by atoms with E-state index in [0.29, 0.717) is 18.0 Å². The maximum atomic E-state index is 12.9. The topological polar surface area (TPSA) is 85.5 Å². The standard InChI is InChI=1S/C19H21N3O4/c1-25-14-7-5-6-13(10-14)17-20-15(26-21-17)12-22-16(23)11-19(18(22)24)8-3-2-4-9-19/h5-7,10H,2-4,8-9,11-12H2,1H3. The average Bonchev–Trinajstić information content (AvgIpc) is 3.22. The van der Waals surface area contributed by atoms with Crippen molar-refractivity contribution in [2.45, 2.75) is 45.1 Å². The van der Waals surface area contributed by atoms with Gasteiger partial charge >= 0.3 is 0 Å². The third-order valence-corrected chi connectivity index (χ3v) is 5.39. The first kappa shape index (κ1) is 16.8. The Balaban J connectivity index is 1.52. The second-order valence-corrected chi connectivity index (χ2v) is 7.05. The Hall–Kier alpha value is -2.70. The number of methoxy groups -OCH3 is 1. The second kappa shape index (κ2) is 6.55. The van der Waals surface area contributed by atoms with Crippen LogP contribution in [0.5, 0.6) is 5.75 Å². The molecule has 0 bridgehead atoms. The molecular weight excluding hydrogens is 334 g/mol. The van der Waals surface area contributed by atoms with Gasteiger partial charge in [-0.15, -0.1) is 0 Å². The third kappa shape index (κ3) is 2.87. The molecule has 2 heterocycles. The van der Waals surface area contributed by atoms with Gasteiger partial charge in [0.05, 0.1) is 12.5 Å². The molecule has 136 valence electrons. The van der Waals surface area contributed by atoms with E-state index in [0.717, 1.165) is 37.7 Å². The number of aromatic nitrogens is 2. The van der Waals surface area contributed by atoms with Crippen LogP contribution in [0.15, 0.2) is 28.8 Å². The van der Waals surface area contributed by atoms with E-state index in [1.54, 1.807) is 13.2 Å². The quantitative estimate of drug-likeness (QED) is 0.784. The summed E-state index contributed by atoms with van der Waals surface area (Å²) in [5.74, 6) is 1.14. The van der Waals surface area contributed by atoms with Gasteiger partial charge in [0.15, 0.2) is 0 Å². The Morgan fingerprint density at radius 1 is 1.23 bits per heavy atom.